The van der Waals surface area contributed by atoms with Crippen molar-refractivity contribution in [3.05, 3.63) is 65.4 Å². The molecule has 1 aromatic heterocycles. The Morgan fingerprint density at radius 2 is 1.38 bits per heavy atom. The number of nitrogens with two attached hydrogens (primary N) is 1. The van der Waals surface area contributed by atoms with Gasteiger partial charge in [-0.05, 0) is 36.1 Å². The normalized spacial score (nSPS) is 12.8. The Kier molecular flexibility index (Phi) is 12.2. The fourth-order valence-electron chi connectivity index (χ4n) is 4.41. The van der Waals surface area contributed by atoms with E-state index >= 15 is 0 Å². The summed E-state index contributed by atoms with van der Waals surface area (Å²) in [6, 6.07) is 13.3. The minimum Gasteiger partial charge on any atom is -0.481 e. The van der Waals surface area contributed by atoms with Crippen molar-refractivity contribution in [1.82, 2.24) is 15.8 Å². The molecule has 0 spiro atoms. The minimum atomic E-state index is -1.50. The van der Waals surface area contributed by atoms with E-state index in [4.69, 9.17) is 32.1 Å². The van der Waals surface area contributed by atoms with Crippen LogP contribution in [0.15, 0.2) is 59.1 Å². The molecule has 7 N–H and O–H groups in total. The predicted molar refractivity (Wildman–Crippen MR) is 159 cm³/mol. The van der Waals surface area contributed by atoms with Gasteiger partial charge in [0.05, 0.1) is 12.3 Å². The molecule has 0 bridgehead atoms. The molecular weight excluding hydrogens is 612 g/mol. The molecule has 0 saturated carbocycles. The second kappa shape index (κ2) is 16.0. The Morgan fingerprint density at radius 3 is 1.96 bits per heavy atom. The molecule has 0 fully saturated rings. The summed E-state index contributed by atoms with van der Waals surface area (Å²) in [4.78, 5) is 71.5. The summed E-state index contributed by atoms with van der Waals surface area (Å²) in [6.45, 7) is 0. The molecule has 0 aliphatic heterocycles. The average molecular weight is 643 g/mol. The van der Waals surface area contributed by atoms with Crippen molar-refractivity contribution in [2.24, 2.45) is 11.7 Å². The number of aromatic nitrogens is 1. The molecule has 238 valence electrons. The number of hydrogen-bond donors (Lipinski definition) is 6. The molecule has 14 nitrogen and oxygen atoms in total. The van der Waals surface area contributed by atoms with Crippen LogP contribution in [-0.2, 0) is 35.2 Å². The van der Waals surface area contributed by atoms with Gasteiger partial charge in [0.25, 0.3) is 0 Å². The number of rotatable bonds is 17. The van der Waals surface area contributed by atoms with Crippen molar-refractivity contribution in [1.29, 1.82) is 0 Å². The maximum Gasteiger partial charge on any atom is 0.304 e. The molecule has 2 aromatic carbocycles. The number of carbonyl (C=O) groups excluding carboxylic acids is 3. The van der Waals surface area contributed by atoms with Gasteiger partial charge in [0.2, 0.25) is 17.7 Å². The Bertz CT molecular complexity index is 1560. The quantitative estimate of drug-likeness (QED) is 0.125. The van der Waals surface area contributed by atoms with Crippen LogP contribution in [0.25, 0.3) is 22.4 Å². The zero-order chi connectivity index (χ0) is 33.1. The first kappa shape index (κ1) is 34.3. The van der Waals surface area contributed by atoms with E-state index < -0.39 is 79.3 Å². The van der Waals surface area contributed by atoms with Gasteiger partial charge in [-0.25, -0.2) is 0 Å². The lowest BCUT2D eigenvalue weighted by Gasteiger charge is -2.23. The molecule has 0 unspecified atom stereocenters. The zero-order valence-corrected chi connectivity index (χ0v) is 24.5. The van der Waals surface area contributed by atoms with Crippen LogP contribution < -0.4 is 16.4 Å². The van der Waals surface area contributed by atoms with Crippen LogP contribution in [0.4, 0.5) is 0 Å². The lowest BCUT2D eigenvalue weighted by atomic mass is 9.97. The van der Waals surface area contributed by atoms with Gasteiger partial charge in [-0.3, -0.25) is 28.8 Å². The lowest BCUT2D eigenvalue weighted by Crippen LogP contribution is -2.54. The number of carbonyl (C=O) groups is 6. The van der Waals surface area contributed by atoms with Crippen molar-refractivity contribution in [3.63, 3.8) is 0 Å². The Hall–Kier alpha value is -5.24. The monoisotopic (exact) mass is 642 g/mol. The highest BCUT2D eigenvalue weighted by atomic mass is 35.5. The largest absolute Gasteiger partial charge is 0.481 e. The topological polar surface area (TPSA) is 239 Å². The summed E-state index contributed by atoms with van der Waals surface area (Å²) < 4.78 is 5.37. The smallest absolute Gasteiger partial charge is 0.304 e. The Balaban J connectivity index is 1.74. The number of hydrogen-bond acceptors (Lipinski definition) is 8. The predicted octanol–water partition coefficient (Wildman–Crippen LogP) is 2.48. The van der Waals surface area contributed by atoms with Gasteiger partial charge >= 0.3 is 17.9 Å². The first-order chi connectivity index (χ1) is 21.3. The first-order valence-electron chi connectivity index (χ1n) is 13.7. The third-order valence-electron chi connectivity index (χ3n) is 6.72. The highest BCUT2D eigenvalue weighted by Crippen LogP contribution is 2.27. The van der Waals surface area contributed by atoms with Gasteiger partial charge in [0.1, 0.15) is 23.5 Å². The van der Waals surface area contributed by atoms with Crippen LogP contribution in [-0.4, -0.2) is 68.2 Å². The van der Waals surface area contributed by atoms with E-state index in [2.05, 4.69) is 15.8 Å². The van der Waals surface area contributed by atoms with Crippen molar-refractivity contribution in [2.75, 3.05) is 0 Å². The number of primary amides is 1. The summed E-state index contributed by atoms with van der Waals surface area (Å²) in [6.07, 6.45) is -2.68. The number of amides is 3. The van der Waals surface area contributed by atoms with Gasteiger partial charge in [-0.15, -0.1) is 0 Å². The second-order valence-electron chi connectivity index (χ2n) is 10.2. The Labute approximate surface area is 261 Å². The highest BCUT2D eigenvalue weighted by Gasteiger charge is 2.31. The van der Waals surface area contributed by atoms with Crippen molar-refractivity contribution in [3.8, 4) is 22.4 Å². The summed E-state index contributed by atoms with van der Waals surface area (Å²) in [5, 5.41) is 36.6. The maximum atomic E-state index is 13.2. The molecule has 0 radical (unpaired) electrons. The van der Waals surface area contributed by atoms with Gasteiger partial charge in [-0.2, -0.15) is 0 Å². The van der Waals surface area contributed by atoms with Crippen LogP contribution in [0.3, 0.4) is 0 Å². The van der Waals surface area contributed by atoms with Crippen molar-refractivity contribution in [2.45, 2.75) is 50.6 Å². The van der Waals surface area contributed by atoms with E-state index in [0.29, 0.717) is 16.3 Å². The minimum absolute atomic E-state index is 0.180. The number of halogens is 1. The third-order valence-corrected chi connectivity index (χ3v) is 6.96. The summed E-state index contributed by atoms with van der Waals surface area (Å²) in [7, 11) is 0. The summed E-state index contributed by atoms with van der Waals surface area (Å²) in [5.41, 5.74) is 8.19. The number of aliphatic carboxylic acids is 3. The summed E-state index contributed by atoms with van der Waals surface area (Å²) in [5.74, 6) is -7.84. The van der Waals surface area contributed by atoms with Crippen molar-refractivity contribution >= 4 is 47.2 Å². The van der Waals surface area contributed by atoms with Crippen molar-refractivity contribution < 1.29 is 48.6 Å². The van der Waals surface area contributed by atoms with Gasteiger partial charge in [0, 0.05) is 35.9 Å². The second-order valence-corrected chi connectivity index (χ2v) is 10.6. The van der Waals surface area contributed by atoms with E-state index in [-0.39, 0.29) is 18.6 Å². The van der Waals surface area contributed by atoms with Crippen LogP contribution in [0.1, 0.15) is 37.9 Å². The van der Waals surface area contributed by atoms with Crippen LogP contribution in [0, 0.1) is 5.92 Å². The first-order valence-corrected chi connectivity index (χ1v) is 14.1. The summed E-state index contributed by atoms with van der Waals surface area (Å²) >= 11 is 6.08. The number of nitrogens with one attached hydrogen (secondary N) is 2. The number of carboxylic acids is 3. The van der Waals surface area contributed by atoms with Crippen LogP contribution >= 0.6 is 11.6 Å². The van der Waals surface area contributed by atoms with E-state index in [0.717, 1.165) is 11.1 Å². The van der Waals surface area contributed by atoms with Gasteiger partial charge in [-0.1, -0.05) is 53.2 Å². The maximum absolute atomic E-state index is 13.2. The average Bonchev–Trinajstić information content (AvgIpc) is 3.44. The number of nitrogens with zero attached hydrogens (tertiary/aromatic N) is 1. The molecule has 3 aromatic rings. The highest BCUT2D eigenvalue weighted by molar-refractivity contribution is 6.30. The zero-order valence-electron chi connectivity index (χ0n) is 23.8. The van der Waals surface area contributed by atoms with Crippen LogP contribution in [0.5, 0.6) is 0 Å². The molecule has 3 amide bonds. The van der Waals surface area contributed by atoms with E-state index in [1.54, 1.807) is 24.3 Å². The van der Waals surface area contributed by atoms with E-state index in [1.165, 1.54) is 0 Å². The fourth-order valence-corrected chi connectivity index (χ4v) is 4.60. The van der Waals surface area contributed by atoms with Crippen LogP contribution in [0.2, 0.25) is 5.02 Å². The molecule has 45 heavy (non-hydrogen) atoms. The number of carboxylic acid groups (broad SMARTS) is 3. The molecule has 15 heteroatoms. The third kappa shape index (κ3) is 10.8. The Morgan fingerprint density at radius 1 is 0.778 bits per heavy atom. The molecule has 0 saturated heterocycles. The fraction of sp³-hybridized carbons (Fsp3) is 0.300. The van der Waals surface area contributed by atoms with Gasteiger partial charge < -0.3 is 36.2 Å². The molecule has 3 atom stereocenters. The molecular formula is C30H31ClN4O10. The standard InChI is InChI=1S/C30H31ClN4O10/c31-20-3-1-2-18(12-20)16-4-6-17(7-5-16)24-15-21(45-35-24)13-19(14-27(40)41)29(43)34-23(9-11-26(38)39)30(44)33-22(28(32)42)8-10-25(36)37/h1-7,12,15,19,22-23H,8-11,13-14H2,(H2,32,42)(H,33,44)(H,34,43)(H,36,37)(H,38,39)(H,40,41)/t19-,22+,23+/m1/s1. The lowest BCUT2D eigenvalue weighted by molar-refractivity contribution is -0.142. The molecule has 1 heterocycles. The van der Waals surface area contributed by atoms with Gasteiger partial charge in [0.15, 0.2) is 0 Å². The SMILES string of the molecule is NC(=O)[C@H](CCC(=O)O)NC(=O)[C@H](CCC(=O)O)NC(=O)[C@@H](CC(=O)O)Cc1cc(-c2ccc(-c3cccc(Cl)c3)cc2)no1. The molecule has 0 aliphatic rings. The molecule has 3 rings (SSSR count). The molecule has 0 aliphatic carbocycles. The van der Waals surface area contributed by atoms with E-state index in [9.17, 15) is 33.9 Å². The van der Waals surface area contributed by atoms with E-state index in [1.807, 2.05) is 30.3 Å². The number of benzene rings is 2.